The predicted octanol–water partition coefficient (Wildman–Crippen LogP) is 3.69. The first kappa shape index (κ1) is 14.4. The van der Waals surface area contributed by atoms with Crippen molar-refractivity contribution in [1.82, 2.24) is 9.78 Å². The van der Waals surface area contributed by atoms with Gasteiger partial charge in [-0.1, -0.05) is 11.6 Å². The first-order chi connectivity index (χ1) is 9.36. The zero-order valence-corrected chi connectivity index (χ0v) is 10.1. The number of benzene rings is 1. The van der Waals surface area contributed by atoms with Crippen LogP contribution in [0.4, 0.5) is 22.0 Å². The van der Waals surface area contributed by atoms with Gasteiger partial charge < -0.3 is 0 Å². The van der Waals surface area contributed by atoms with Gasteiger partial charge >= 0.3 is 0 Å². The van der Waals surface area contributed by atoms with Crippen LogP contribution in [-0.4, -0.2) is 16.1 Å². The van der Waals surface area contributed by atoms with Crippen molar-refractivity contribution < 1.29 is 26.7 Å². The van der Waals surface area contributed by atoms with E-state index in [0.29, 0.717) is 16.8 Å². The topological polar surface area (TPSA) is 34.9 Å². The smallest absolute Gasteiger partial charge is 0.282 e. The number of hydrogen-bond acceptors (Lipinski definition) is 2. The summed E-state index contributed by atoms with van der Waals surface area (Å²) in [4.78, 5) is 10.7. The van der Waals surface area contributed by atoms with Crippen LogP contribution in [-0.2, 0) is 0 Å². The monoisotopic (exact) mass is 310 g/mol. The van der Waals surface area contributed by atoms with E-state index in [4.69, 9.17) is 11.6 Å². The van der Waals surface area contributed by atoms with Gasteiger partial charge in [-0.15, -0.1) is 0 Å². The van der Waals surface area contributed by atoms with Gasteiger partial charge in [0.25, 0.3) is 6.43 Å². The zero-order chi connectivity index (χ0) is 15.0. The molecule has 0 aliphatic carbocycles. The van der Waals surface area contributed by atoms with Crippen LogP contribution in [0.15, 0.2) is 12.1 Å². The maximum absolute atomic E-state index is 13.1. The summed E-state index contributed by atoms with van der Waals surface area (Å²) in [6.07, 6.45) is -3.06. The molecule has 0 saturated carbocycles. The van der Waals surface area contributed by atoms with Crippen LogP contribution in [0.5, 0.6) is 0 Å². The Balaban J connectivity index is 2.67. The molecule has 0 unspecified atom stereocenters. The normalized spacial score (nSPS) is 11.2. The van der Waals surface area contributed by atoms with Crippen molar-refractivity contribution in [3.63, 3.8) is 0 Å². The molecular formula is C11H4ClF5N2O. The van der Waals surface area contributed by atoms with E-state index < -0.39 is 46.0 Å². The number of aromatic nitrogens is 2. The first-order valence-corrected chi connectivity index (χ1v) is 5.41. The fourth-order valence-electron chi connectivity index (χ4n) is 1.53. The third-order valence-corrected chi connectivity index (χ3v) is 2.79. The number of carbonyl (C=O) groups is 1. The highest BCUT2D eigenvalue weighted by Crippen LogP contribution is 2.29. The van der Waals surface area contributed by atoms with Crippen molar-refractivity contribution in [2.24, 2.45) is 0 Å². The van der Waals surface area contributed by atoms with Crippen molar-refractivity contribution in [3.05, 3.63) is 46.0 Å². The molecule has 106 valence electrons. The predicted molar refractivity (Wildman–Crippen MR) is 58.8 cm³/mol. The molecule has 2 aromatic rings. The van der Waals surface area contributed by atoms with Crippen molar-refractivity contribution in [2.75, 3.05) is 0 Å². The Morgan fingerprint density at radius 3 is 2.15 bits per heavy atom. The molecule has 1 heterocycles. The molecule has 1 aromatic heterocycles. The number of hydrogen-bond donors (Lipinski definition) is 0. The summed E-state index contributed by atoms with van der Waals surface area (Å²) in [7, 11) is 0. The number of rotatable bonds is 3. The lowest BCUT2D eigenvalue weighted by atomic mass is 10.2. The molecule has 0 spiro atoms. The molecule has 0 N–H and O–H groups in total. The maximum atomic E-state index is 13.1. The van der Waals surface area contributed by atoms with Gasteiger partial charge in [-0.3, -0.25) is 4.79 Å². The molecular weight excluding hydrogens is 307 g/mol. The summed E-state index contributed by atoms with van der Waals surface area (Å²) in [6.45, 7) is 0. The fraction of sp³-hybridized carbons (Fsp3) is 0.0909. The Bertz CT molecular complexity index is 663. The SMILES string of the molecule is O=Cc1c(C(F)F)nn(-c2cc(F)c(F)c(F)c2)c1Cl. The third kappa shape index (κ3) is 2.26. The fourth-order valence-corrected chi connectivity index (χ4v) is 1.81. The average molecular weight is 311 g/mol. The molecule has 0 aliphatic heterocycles. The highest BCUT2D eigenvalue weighted by molar-refractivity contribution is 6.32. The third-order valence-electron chi connectivity index (χ3n) is 2.43. The summed E-state index contributed by atoms with van der Waals surface area (Å²) in [6, 6.07) is 1.03. The van der Waals surface area contributed by atoms with Gasteiger partial charge in [-0.05, 0) is 0 Å². The number of nitrogens with zero attached hydrogens (tertiary/aromatic N) is 2. The Morgan fingerprint density at radius 2 is 1.75 bits per heavy atom. The standard InChI is InChI=1S/C11H4ClF5N2O/c12-10-5(3-20)9(11(16)17)18-19(10)4-1-6(13)8(15)7(14)2-4/h1-3,11H. The minimum absolute atomic E-state index is 0.0452. The van der Waals surface area contributed by atoms with Gasteiger partial charge in [-0.2, -0.15) is 5.10 Å². The molecule has 0 saturated heterocycles. The van der Waals surface area contributed by atoms with Gasteiger partial charge in [0.05, 0.1) is 11.3 Å². The number of aldehydes is 1. The van der Waals surface area contributed by atoms with E-state index in [0.717, 1.165) is 0 Å². The summed E-state index contributed by atoms with van der Waals surface area (Å²) in [5.74, 6) is -4.81. The molecule has 0 aliphatic rings. The van der Waals surface area contributed by atoms with E-state index in [-0.39, 0.29) is 6.29 Å². The van der Waals surface area contributed by atoms with Crippen LogP contribution in [0.25, 0.3) is 5.69 Å². The van der Waals surface area contributed by atoms with Gasteiger partial charge in [0.2, 0.25) is 0 Å². The molecule has 20 heavy (non-hydrogen) atoms. The summed E-state index contributed by atoms with van der Waals surface area (Å²) in [5.41, 5.74) is -1.97. The Kier molecular flexibility index (Phi) is 3.76. The quantitative estimate of drug-likeness (QED) is 0.492. The zero-order valence-electron chi connectivity index (χ0n) is 9.38. The molecule has 0 amide bonds. The molecule has 2 rings (SSSR count). The number of alkyl halides is 2. The van der Waals surface area contributed by atoms with E-state index in [2.05, 4.69) is 5.10 Å². The molecule has 0 radical (unpaired) electrons. The van der Waals surface area contributed by atoms with E-state index in [9.17, 15) is 26.7 Å². The molecule has 3 nitrogen and oxygen atoms in total. The summed E-state index contributed by atoms with van der Waals surface area (Å²) >= 11 is 5.65. The molecule has 9 heteroatoms. The lowest BCUT2D eigenvalue weighted by Crippen LogP contribution is -2.01. The van der Waals surface area contributed by atoms with Crippen LogP contribution < -0.4 is 0 Å². The maximum Gasteiger partial charge on any atom is 0.282 e. The van der Waals surface area contributed by atoms with Crippen molar-refractivity contribution in [3.8, 4) is 5.69 Å². The highest BCUT2D eigenvalue weighted by atomic mass is 35.5. The molecule has 0 bridgehead atoms. The lowest BCUT2D eigenvalue weighted by molar-refractivity contribution is 0.110. The van der Waals surface area contributed by atoms with Crippen molar-refractivity contribution in [1.29, 1.82) is 0 Å². The van der Waals surface area contributed by atoms with Crippen LogP contribution in [0.1, 0.15) is 22.5 Å². The van der Waals surface area contributed by atoms with E-state index in [1.54, 1.807) is 0 Å². The van der Waals surface area contributed by atoms with Crippen molar-refractivity contribution in [2.45, 2.75) is 6.43 Å². The van der Waals surface area contributed by atoms with Crippen LogP contribution >= 0.6 is 11.6 Å². The van der Waals surface area contributed by atoms with E-state index in [1.165, 1.54) is 0 Å². The first-order valence-electron chi connectivity index (χ1n) is 5.03. The Labute approximate surface area is 113 Å². The number of halogens is 6. The Morgan fingerprint density at radius 1 is 1.20 bits per heavy atom. The number of carbonyl (C=O) groups excluding carboxylic acids is 1. The second kappa shape index (κ2) is 5.20. The molecule has 0 fully saturated rings. The van der Waals surface area contributed by atoms with Gasteiger partial charge in [0.15, 0.2) is 23.7 Å². The highest BCUT2D eigenvalue weighted by Gasteiger charge is 2.24. The van der Waals surface area contributed by atoms with Gasteiger partial charge in [-0.25, -0.2) is 26.6 Å². The van der Waals surface area contributed by atoms with Crippen molar-refractivity contribution >= 4 is 17.9 Å². The largest absolute Gasteiger partial charge is 0.298 e. The van der Waals surface area contributed by atoms with Crippen LogP contribution in [0, 0.1) is 17.5 Å². The van der Waals surface area contributed by atoms with E-state index >= 15 is 0 Å². The summed E-state index contributed by atoms with van der Waals surface area (Å²) < 4.78 is 64.8. The summed E-state index contributed by atoms with van der Waals surface area (Å²) in [5, 5.41) is 2.76. The van der Waals surface area contributed by atoms with Crippen LogP contribution in [0.3, 0.4) is 0 Å². The second-order valence-electron chi connectivity index (χ2n) is 3.64. The van der Waals surface area contributed by atoms with Gasteiger partial charge in [0, 0.05) is 12.1 Å². The lowest BCUT2D eigenvalue weighted by Gasteiger charge is -2.04. The Hall–Kier alpha value is -1.96. The minimum Gasteiger partial charge on any atom is -0.298 e. The van der Waals surface area contributed by atoms with Gasteiger partial charge in [0.1, 0.15) is 10.8 Å². The van der Waals surface area contributed by atoms with Crippen LogP contribution in [0.2, 0.25) is 5.15 Å². The minimum atomic E-state index is -3.11. The second-order valence-corrected chi connectivity index (χ2v) is 4.00. The van der Waals surface area contributed by atoms with E-state index in [1.807, 2.05) is 0 Å². The average Bonchev–Trinajstić information content (AvgIpc) is 2.72. The molecule has 0 atom stereocenters. The molecule has 1 aromatic carbocycles.